The van der Waals surface area contributed by atoms with Crippen molar-refractivity contribution in [1.82, 2.24) is 0 Å². The summed E-state index contributed by atoms with van der Waals surface area (Å²) in [4.78, 5) is 0. The zero-order valence-corrected chi connectivity index (χ0v) is 8.04. The van der Waals surface area contributed by atoms with E-state index in [9.17, 15) is 8.42 Å². The molecule has 0 spiro atoms. The van der Waals surface area contributed by atoms with Crippen LogP contribution in [0.5, 0.6) is 0 Å². The standard InChI is InChI=1S/C8H11NO3S/c1-13(10,11)12-6-7-3-2-4-8(9)5-7/h2-5H,6,9H2,1H3. The summed E-state index contributed by atoms with van der Waals surface area (Å²) in [5, 5.41) is 0. The molecule has 0 unspecified atom stereocenters. The van der Waals surface area contributed by atoms with Crippen LogP contribution < -0.4 is 5.73 Å². The summed E-state index contributed by atoms with van der Waals surface area (Å²) >= 11 is 0. The molecule has 2 N–H and O–H groups in total. The highest BCUT2D eigenvalue weighted by Gasteiger charge is 2.01. The van der Waals surface area contributed by atoms with Crippen LogP contribution in [0.15, 0.2) is 24.3 Å². The van der Waals surface area contributed by atoms with E-state index in [1.165, 1.54) is 0 Å². The molecule has 4 nitrogen and oxygen atoms in total. The van der Waals surface area contributed by atoms with Crippen LogP contribution in [0.2, 0.25) is 0 Å². The molecule has 0 fully saturated rings. The van der Waals surface area contributed by atoms with Gasteiger partial charge in [-0.1, -0.05) is 12.1 Å². The summed E-state index contributed by atoms with van der Waals surface area (Å²) in [7, 11) is -3.38. The quantitative estimate of drug-likeness (QED) is 0.578. The zero-order chi connectivity index (χ0) is 9.90. The van der Waals surface area contributed by atoms with Crippen LogP contribution in [-0.4, -0.2) is 14.7 Å². The van der Waals surface area contributed by atoms with Crippen molar-refractivity contribution in [1.29, 1.82) is 0 Å². The summed E-state index contributed by atoms with van der Waals surface area (Å²) in [6.45, 7) is 0.0316. The third kappa shape index (κ3) is 3.91. The molecule has 0 saturated carbocycles. The van der Waals surface area contributed by atoms with Crippen molar-refractivity contribution in [2.45, 2.75) is 6.61 Å². The molecule has 1 aromatic rings. The maximum absolute atomic E-state index is 10.6. The molecular formula is C8H11NO3S. The van der Waals surface area contributed by atoms with Crippen molar-refractivity contribution in [2.24, 2.45) is 0 Å². The van der Waals surface area contributed by atoms with Gasteiger partial charge in [0.2, 0.25) is 0 Å². The monoisotopic (exact) mass is 201 g/mol. The molecule has 0 bridgehead atoms. The molecule has 1 rings (SSSR count). The van der Waals surface area contributed by atoms with E-state index in [1.54, 1.807) is 24.3 Å². The van der Waals surface area contributed by atoms with Crippen LogP contribution in [-0.2, 0) is 20.9 Å². The Morgan fingerprint density at radius 1 is 1.46 bits per heavy atom. The van der Waals surface area contributed by atoms with Gasteiger partial charge in [-0.25, -0.2) is 0 Å². The first-order valence-corrected chi connectivity index (χ1v) is 5.48. The summed E-state index contributed by atoms with van der Waals surface area (Å²) in [6, 6.07) is 6.90. The second-order valence-electron chi connectivity index (χ2n) is 2.71. The van der Waals surface area contributed by atoms with Gasteiger partial charge in [0.15, 0.2) is 0 Å². The first-order valence-electron chi connectivity index (χ1n) is 3.66. The maximum atomic E-state index is 10.6. The SMILES string of the molecule is CS(=O)(=O)OCc1cccc(N)c1. The Labute approximate surface area is 77.4 Å². The van der Waals surface area contributed by atoms with Gasteiger partial charge >= 0.3 is 0 Å². The molecule has 5 heteroatoms. The van der Waals surface area contributed by atoms with Gasteiger partial charge in [-0.05, 0) is 17.7 Å². The molecule has 13 heavy (non-hydrogen) atoms. The lowest BCUT2D eigenvalue weighted by Crippen LogP contribution is -2.02. The minimum atomic E-state index is -3.38. The molecular weight excluding hydrogens is 190 g/mol. The third-order valence-electron chi connectivity index (χ3n) is 1.39. The summed E-state index contributed by atoms with van der Waals surface area (Å²) in [5.41, 5.74) is 6.83. The minimum absolute atomic E-state index is 0.0316. The average Bonchev–Trinajstić information content (AvgIpc) is 2.00. The summed E-state index contributed by atoms with van der Waals surface area (Å²) < 4.78 is 25.9. The number of nitrogen functional groups attached to an aromatic ring is 1. The van der Waals surface area contributed by atoms with Crippen LogP contribution >= 0.6 is 0 Å². The minimum Gasteiger partial charge on any atom is -0.399 e. The smallest absolute Gasteiger partial charge is 0.264 e. The van der Waals surface area contributed by atoms with E-state index in [2.05, 4.69) is 4.18 Å². The van der Waals surface area contributed by atoms with Crippen LogP contribution in [0.3, 0.4) is 0 Å². The molecule has 0 atom stereocenters. The van der Waals surface area contributed by atoms with E-state index in [0.29, 0.717) is 5.69 Å². The number of hydrogen-bond donors (Lipinski definition) is 1. The molecule has 0 saturated heterocycles. The van der Waals surface area contributed by atoms with Crippen LogP contribution in [0.4, 0.5) is 5.69 Å². The molecule has 0 aliphatic rings. The fourth-order valence-corrected chi connectivity index (χ4v) is 1.21. The van der Waals surface area contributed by atoms with Gasteiger partial charge < -0.3 is 5.73 Å². The van der Waals surface area contributed by atoms with Crippen molar-refractivity contribution < 1.29 is 12.6 Å². The molecule has 72 valence electrons. The second kappa shape index (κ2) is 3.76. The highest BCUT2D eigenvalue weighted by molar-refractivity contribution is 7.85. The van der Waals surface area contributed by atoms with E-state index in [0.717, 1.165) is 11.8 Å². The Morgan fingerprint density at radius 3 is 2.69 bits per heavy atom. The van der Waals surface area contributed by atoms with Crippen LogP contribution in [0.1, 0.15) is 5.56 Å². The van der Waals surface area contributed by atoms with Crippen LogP contribution in [0, 0.1) is 0 Å². The van der Waals surface area contributed by atoms with Crippen molar-refractivity contribution >= 4 is 15.8 Å². The van der Waals surface area contributed by atoms with Crippen LogP contribution in [0.25, 0.3) is 0 Å². The van der Waals surface area contributed by atoms with Crippen molar-refractivity contribution in [3.05, 3.63) is 29.8 Å². The van der Waals surface area contributed by atoms with Gasteiger partial charge in [0.1, 0.15) is 0 Å². The Kier molecular flexibility index (Phi) is 2.90. The highest BCUT2D eigenvalue weighted by atomic mass is 32.2. The fourth-order valence-electron chi connectivity index (χ4n) is 0.858. The van der Waals surface area contributed by atoms with Gasteiger partial charge in [0.25, 0.3) is 10.1 Å². The Balaban J connectivity index is 2.65. The predicted octanol–water partition coefficient (Wildman–Crippen LogP) is 0.745. The zero-order valence-electron chi connectivity index (χ0n) is 7.23. The topological polar surface area (TPSA) is 69.4 Å². The van der Waals surface area contributed by atoms with Crippen molar-refractivity contribution in [2.75, 3.05) is 12.0 Å². The lowest BCUT2D eigenvalue weighted by molar-refractivity contribution is 0.312. The number of hydrogen-bond acceptors (Lipinski definition) is 4. The predicted molar refractivity (Wildman–Crippen MR) is 50.5 cm³/mol. The van der Waals surface area contributed by atoms with Gasteiger partial charge in [0, 0.05) is 5.69 Å². The molecule has 0 aromatic heterocycles. The van der Waals surface area contributed by atoms with E-state index in [1.807, 2.05) is 0 Å². The molecule has 0 aliphatic heterocycles. The van der Waals surface area contributed by atoms with E-state index < -0.39 is 10.1 Å². The lowest BCUT2D eigenvalue weighted by Gasteiger charge is -2.01. The third-order valence-corrected chi connectivity index (χ3v) is 1.94. The van der Waals surface area contributed by atoms with Crippen molar-refractivity contribution in [3.8, 4) is 0 Å². The first kappa shape index (κ1) is 10.0. The summed E-state index contributed by atoms with van der Waals surface area (Å²) in [5.74, 6) is 0. The highest BCUT2D eigenvalue weighted by Crippen LogP contribution is 2.08. The normalized spacial score (nSPS) is 11.5. The average molecular weight is 201 g/mol. The largest absolute Gasteiger partial charge is 0.399 e. The second-order valence-corrected chi connectivity index (χ2v) is 4.36. The van der Waals surface area contributed by atoms with E-state index >= 15 is 0 Å². The molecule has 0 aliphatic carbocycles. The number of rotatable bonds is 3. The van der Waals surface area contributed by atoms with Gasteiger partial charge in [0.05, 0.1) is 12.9 Å². The maximum Gasteiger partial charge on any atom is 0.264 e. The van der Waals surface area contributed by atoms with E-state index in [4.69, 9.17) is 5.73 Å². The van der Waals surface area contributed by atoms with Gasteiger partial charge in [-0.3, -0.25) is 4.18 Å². The number of nitrogens with two attached hydrogens (primary N) is 1. The number of benzene rings is 1. The van der Waals surface area contributed by atoms with Crippen molar-refractivity contribution in [3.63, 3.8) is 0 Å². The molecule has 0 amide bonds. The molecule has 1 aromatic carbocycles. The number of anilines is 1. The Morgan fingerprint density at radius 2 is 2.15 bits per heavy atom. The van der Waals surface area contributed by atoms with Gasteiger partial charge in [-0.15, -0.1) is 0 Å². The fraction of sp³-hybridized carbons (Fsp3) is 0.250. The Bertz CT molecular complexity index is 386. The van der Waals surface area contributed by atoms with Gasteiger partial charge in [-0.2, -0.15) is 8.42 Å². The Hall–Kier alpha value is -1.07. The summed E-state index contributed by atoms with van der Waals surface area (Å²) in [6.07, 6.45) is 1.01. The molecule has 0 radical (unpaired) electrons. The molecule has 0 heterocycles. The van der Waals surface area contributed by atoms with E-state index in [-0.39, 0.29) is 6.61 Å². The first-order chi connectivity index (χ1) is 5.97. The lowest BCUT2D eigenvalue weighted by atomic mass is 10.2.